The Morgan fingerprint density at radius 2 is 1.27 bits per heavy atom. The van der Waals surface area contributed by atoms with Crippen LogP contribution in [0.4, 0.5) is 13.2 Å². The average Bonchev–Trinajstić information content (AvgIpc) is 2.80. The van der Waals surface area contributed by atoms with Gasteiger partial charge in [0.25, 0.3) is 0 Å². The van der Waals surface area contributed by atoms with Crippen LogP contribution < -0.4 is 0 Å². The third-order valence-corrected chi connectivity index (χ3v) is 8.88. The Balaban J connectivity index is 1.64. The average molecular weight is 486 g/mol. The van der Waals surface area contributed by atoms with Crippen LogP contribution in [0.15, 0.2) is 112 Å². The van der Waals surface area contributed by atoms with Crippen molar-refractivity contribution in [1.82, 2.24) is 0 Å². The summed E-state index contributed by atoms with van der Waals surface area (Å²) in [5, 5.41) is 0. The van der Waals surface area contributed by atoms with Crippen molar-refractivity contribution in [2.75, 3.05) is 0 Å². The minimum absolute atomic E-state index is 0.545. The van der Waals surface area contributed by atoms with Gasteiger partial charge in [-0.25, -0.2) is 0 Å². The molecule has 1 aliphatic rings. The summed E-state index contributed by atoms with van der Waals surface area (Å²) in [6.07, 6.45) is -4.84. The van der Waals surface area contributed by atoms with Crippen LogP contribution in [0.2, 0.25) is 0 Å². The topological polar surface area (TPSA) is 43.4 Å². The molecule has 0 fully saturated rings. The Morgan fingerprint density at radius 3 is 2.00 bits per heavy atom. The summed E-state index contributed by atoms with van der Waals surface area (Å²) in [6, 6.07) is 25.9. The van der Waals surface area contributed by atoms with Gasteiger partial charge in [-0.2, -0.15) is 21.6 Å². The maximum atomic E-state index is 13.5. The SMILES string of the molecule is O=S(=O)(O[S+](c1ccccc1)c1cccc2c1-c1ccccc1-2)c1ccccc1C(F)(F)F. The summed E-state index contributed by atoms with van der Waals surface area (Å²) in [6.45, 7) is 0. The predicted molar refractivity (Wildman–Crippen MR) is 121 cm³/mol. The monoisotopic (exact) mass is 485 g/mol. The van der Waals surface area contributed by atoms with Crippen LogP contribution in [0.5, 0.6) is 0 Å². The summed E-state index contributed by atoms with van der Waals surface area (Å²) in [5.41, 5.74) is 2.53. The van der Waals surface area contributed by atoms with Crippen molar-refractivity contribution in [2.24, 2.45) is 0 Å². The number of rotatable bonds is 5. The lowest BCUT2D eigenvalue weighted by atomic mass is 9.81. The molecule has 3 nitrogen and oxygen atoms in total. The van der Waals surface area contributed by atoms with Crippen molar-refractivity contribution >= 4 is 21.3 Å². The van der Waals surface area contributed by atoms with E-state index in [1.165, 1.54) is 6.07 Å². The molecule has 0 spiro atoms. The molecule has 0 aromatic heterocycles. The van der Waals surface area contributed by atoms with E-state index >= 15 is 0 Å². The Labute approximate surface area is 192 Å². The fraction of sp³-hybridized carbons (Fsp3) is 0.0400. The number of alkyl halides is 3. The van der Waals surface area contributed by atoms with E-state index in [9.17, 15) is 21.6 Å². The van der Waals surface area contributed by atoms with E-state index in [1.807, 2.05) is 30.3 Å². The Kier molecular flexibility index (Phi) is 5.31. The van der Waals surface area contributed by atoms with Crippen molar-refractivity contribution in [3.05, 3.63) is 103 Å². The first-order valence-electron chi connectivity index (χ1n) is 9.91. The number of benzene rings is 4. The summed E-state index contributed by atoms with van der Waals surface area (Å²) >= 11 is -1.49. The van der Waals surface area contributed by atoms with Crippen LogP contribution in [-0.2, 0) is 31.1 Å². The Hall–Kier alpha value is -3.07. The normalized spacial score (nSPS) is 13.5. The van der Waals surface area contributed by atoms with E-state index in [2.05, 4.69) is 0 Å². The lowest BCUT2D eigenvalue weighted by Crippen LogP contribution is -2.20. The lowest BCUT2D eigenvalue weighted by Gasteiger charge is -2.24. The first-order chi connectivity index (χ1) is 15.8. The maximum Gasteiger partial charge on any atom is 0.417 e. The molecular formula is C25H16F3O3S2+. The molecule has 4 aromatic rings. The second-order valence-electron chi connectivity index (χ2n) is 7.32. The molecule has 166 valence electrons. The highest BCUT2D eigenvalue weighted by molar-refractivity contribution is 8.03. The summed E-state index contributed by atoms with van der Waals surface area (Å²) < 4.78 is 72.6. The molecule has 0 saturated carbocycles. The minimum Gasteiger partial charge on any atom is -0.190 e. The Bertz CT molecular complexity index is 1450. The first kappa shape index (κ1) is 21.8. The maximum absolute atomic E-state index is 13.5. The van der Waals surface area contributed by atoms with Crippen LogP contribution in [0.25, 0.3) is 22.3 Å². The molecule has 4 aromatic carbocycles. The van der Waals surface area contributed by atoms with Crippen molar-refractivity contribution in [1.29, 1.82) is 0 Å². The van der Waals surface area contributed by atoms with Gasteiger partial charge in [-0.3, -0.25) is 0 Å². The summed E-state index contributed by atoms with van der Waals surface area (Å²) in [7, 11) is -4.76. The van der Waals surface area contributed by atoms with Crippen molar-refractivity contribution in [2.45, 2.75) is 20.9 Å². The van der Waals surface area contributed by atoms with Crippen molar-refractivity contribution in [3.63, 3.8) is 0 Å². The van der Waals surface area contributed by atoms with Gasteiger partial charge in [0.15, 0.2) is 4.90 Å². The molecule has 1 atom stereocenters. The molecular weight excluding hydrogens is 469 g/mol. The van der Waals surface area contributed by atoms with Crippen LogP contribution in [-0.4, -0.2) is 8.42 Å². The third-order valence-electron chi connectivity index (χ3n) is 5.29. The molecule has 0 aliphatic heterocycles. The number of fused-ring (bicyclic) bond motifs is 4. The van der Waals surface area contributed by atoms with Gasteiger partial charge < -0.3 is 0 Å². The summed E-state index contributed by atoms with van der Waals surface area (Å²) in [5.74, 6) is 0. The standard InChI is InChI=1S/C25H16F3O3S2/c26-25(27,28)21-14-6-7-16-23(21)33(29,30)31-32(17-9-2-1-3-10-17)22-15-8-13-20-18-11-4-5-12-19(18)24(20)22/h1-16H/q+1. The first-order valence-corrected chi connectivity index (χ1v) is 12.5. The van der Waals surface area contributed by atoms with Gasteiger partial charge in [-0.05, 0) is 50.7 Å². The highest BCUT2D eigenvalue weighted by Gasteiger charge is 2.44. The molecule has 1 unspecified atom stereocenters. The van der Waals surface area contributed by atoms with Gasteiger partial charge >= 0.3 is 16.3 Å². The minimum atomic E-state index is -4.84. The highest BCUT2D eigenvalue weighted by Crippen LogP contribution is 2.51. The summed E-state index contributed by atoms with van der Waals surface area (Å²) in [4.78, 5) is 0.245. The van der Waals surface area contributed by atoms with E-state index in [0.29, 0.717) is 9.79 Å². The van der Waals surface area contributed by atoms with E-state index in [-0.39, 0.29) is 0 Å². The van der Waals surface area contributed by atoms with E-state index in [4.69, 9.17) is 3.63 Å². The number of halogens is 3. The van der Waals surface area contributed by atoms with Gasteiger partial charge in [0, 0.05) is 5.56 Å². The van der Waals surface area contributed by atoms with Crippen molar-refractivity contribution in [3.8, 4) is 22.3 Å². The molecule has 8 heteroatoms. The van der Waals surface area contributed by atoms with Crippen LogP contribution in [0.1, 0.15) is 5.56 Å². The van der Waals surface area contributed by atoms with Gasteiger partial charge in [0.05, 0.1) is 5.56 Å². The van der Waals surface area contributed by atoms with Gasteiger partial charge in [0.2, 0.25) is 16.1 Å². The second kappa shape index (κ2) is 8.06. The largest absolute Gasteiger partial charge is 0.417 e. The molecule has 33 heavy (non-hydrogen) atoms. The fourth-order valence-electron chi connectivity index (χ4n) is 3.85. The molecule has 0 N–H and O–H groups in total. The number of hydrogen-bond acceptors (Lipinski definition) is 3. The molecule has 0 saturated heterocycles. The molecule has 5 rings (SSSR count). The zero-order valence-corrected chi connectivity index (χ0v) is 18.5. The molecule has 0 bridgehead atoms. The van der Waals surface area contributed by atoms with E-state index in [1.54, 1.807) is 42.5 Å². The third kappa shape index (κ3) is 3.84. The van der Waals surface area contributed by atoms with Gasteiger partial charge in [-0.15, -0.1) is 0 Å². The quantitative estimate of drug-likeness (QED) is 0.260. The lowest BCUT2D eigenvalue weighted by molar-refractivity contribution is -0.139. The van der Waals surface area contributed by atoms with E-state index in [0.717, 1.165) is 40.5 Å². The van der Waals surface area contributed by atoms with Gasteiger partial charge in [0.1, 0.15) is 4.90 Å². The Morgan fingerprint density at radius 1 is 0.667 bits per heavy atom. The van der Waals surface area contributed by atoms with Crippen LogP contribution >= 0.6 is 0 Å². The smallest absolute Gasteiger partial charge is 0.190 e. The fourth-order valence-corrected chi connectivity index (χ4v) is 7.43. The highest BCUT2D eigenvalue weighted by atomic mass is 32.3. The second-order valence-corrected chi connectivity index (χ2v) is 10.7. The predicted octanol–water partition coefficient (Wildman–Crippen LogP) is 6.71. The number of hydrogen-bond donors (Lipinski definition) is 0. The van der Waals surface area contributed by atoms with Crippen molar-refractivity contribution < 1.29 is 25.2 Å². The molecule has 1 aliphatic carbocycles. The van der Waals surface area contributed by atoms with Crippen LogP contribution in [0, 0.1) is 0 Å². The van der Waals surface area contributed by atoms with Crippen LogP contribution in [0.3, 0.4) is 0 Å². The zero-order chi connectivity index (χ0) is 23.2. The molecule has 0 heterocycles. The zero-order valence-electron chi connectivity index (χ0n) is 16.9. The molecule has 0 amide bonds. The van der Waals surface area contributed by atoms with Gasteiger partial charge in [-0.1, -0.05) is 66.7 Å². The molecule has 0 radical (unpaired) electrons. The van der Waals surface area contributed by atoms with E-state index < -0.39 is 37.9 Å².